The Bertz CT molecular complexity index is 982. The molecule has 0 fully saturated rings. The number of benzene rings is 2. The van der Waals surface area contributed by atoms with Crippen molar-refractivity contribution in [1.29, 1.82) is 0 Å². The van der Waals surface area contributed by atoms with Gasteiger partial charge in [0.25, 0.3) is 11.8 Å². The fourth-order valence-corrected chi connectivity index (χ4v) is 3.35. The second-order valence-corrected chi connectivity index (χ2v) is 7.70. The van der Waals surface area contributed by atoms with Crippen molar-refractivity contribution in [2.24, 2.45) is 0 Å². The number of rotatable bonds is 11. The van der Waals surface area contributed by atoms with Crippen molar-refractivity contribution in [3.63, 3.8) is 0 Å². The van der Waals surface area contributed by atoms with E-state index in [0.717, 1.165) is 6.42 Å². The van der Waals surface area contributed by atoms with E-state index in [1.807, 2.05) is 45.0 Å². The zero-order valence-corrected chi connectivity index (χ0v) is 19.0. The molecule has 0 atom stereocenters. The minimum Gasteiger partial charge on any atom is -0.494 e. The molecule has 2 aromatic carbocycles. The zero-order valence-electron chi connectivity index (χ0n) is 19.0. The van der Waals surface area contributed by atoms with Gasteiger partial charge in [-0.1, -0.05) is 25.1 Å². The molecule has 1 heterocycles. The van der Waals surface area contributed by atoms with E-state index in [9.17, 15) is 9.59 Å². The van der Waals surface area contributed by atoms with Crippen LogP contribution in [0.3, 0.4) is 0 Å². The highest BCUT2D eigenvalue weighted by atomic mass is 16.5. The van der Waals surface area contributed by atoms with Crippen LogP contribution in [0.2, 0.25) is 0 Å². The molecule has 1 aliphatic heterocycles. The molecular weight excluding hydrogens is 408 g/mol. The average molecular weight is 439 g/mol. The van der Waals surface area contributed by atoms with Gasteiger partial charge in [-0.3, -0.25) is 14.5 Å². The molecule has 2 aromatic rings. The third-order valence-electron chi connectivity index (χ3n) is 4.78. The van der Waals surface area contributed by atoms with Crippen molar-refractivity contribution >= 4 is 23.1 Å². The Kier molecular flexibility index (Phi) is 7.89. The largest absolute Gasteiger partial charge is 0.494 e. The molecule has 0 bridgehead atoms. The van der Waals surface area contributed by atoms with E-state index < -0.39 is 0 Å². The van der Waals surface area contributed by atoms with Gasteiger partial charge in [0.05, 0.1) is 31.4 Å². The van der Waals surface area contributed by atoms with E-state index >= 15 is 0 Å². The number of methoxy groups -OCH3 is 1. The summed E-state index contributed by atoms with van der Waals surface area (Å²) < 4.78 is 16.5. The van der Waals surface area contributed by atoms with Gasteiger partial charge in [-0.05, 0) is 50.1 Å². The molecular formula is C25H30N2O5. The molecule has 0 saturated carbocycles. The molecule has 170 valence electrons. The number of imide groups is 1. The molecule has 0 unspecified atom stereocenters. The quantitative estimate of drug-likeness (QED) is 0.532. The Morgan fingerprint density at radius 3 is 2.38 bits per heavy atom. The lowest BCUT2D eigenvalue weighted by Gasteiger charge is -2.14. The van der Waals surface area contributed by atoms with Gasteiger partial charge in [-0.15, -0.1) is 0 Å². The number of hydrogen-bond donors (Lipinski definition) is 1. The standard InChI is InChI=1S/C25H30N2O5/c1-5-14-31-21-8-6-7-19(16-21)26-23-22(24(28)27(25(23)29)13-15-30-4)18-9-11-20(12-10-18)32-17(2)3/h6-12,16-17,26H,5,13-15H2,1-4H3. The number of anilines is 1. The molecule has 0 aromatic heterocycles. The van der Waals surface area contributed by atoms with Crippen LogP contribution in [0.1, 0.15) is 32.8 Å². The number of amides is 2. The fourth-order valence-electron chi connectivity index (χ4n) is 3.35. The topological polar surface area (TPSA) is 77.1 Å². The molecule has 7 nitrogen and oxygen atoms in total. The maximum absolute atomic E-state index is 13.2. The molecule has 7 heteroatoms. The summed E-state index contributed by atoms with van der Waals surface area (Å²) in [6, 6.07) is 14.5. The molecule has 0 saturated heterocycles. The van der Waals surface area contributed by atoms with E-state index in [4.69, 9.17) is 14.2 Å². The van der Waals surface area contributed by atoms with Crippen LogP contribution in [-0.2, 0) is 14.3 Å². The van der Waals surface area contributed by atoms with Crippen LogP contribution in [0.4, 0.5) is 5.69 Å². The maximum Gasteiger partial charge on any atom is 0.278 e. The minimum atomic E-state index is -0.385. The van der Waals surface area contributed by atoms with Crippen LogP contribution in [-0.4, -0.2) is 49.7 Å². The van der Waals surface area contributed by atoms with E-state index in [1.165, 1.54) is 12.0 Å². The first-order valence-electron chi connectivity index (χ1n) is 10.8. The Labute approximate surface area is 189 Å². The van der Waals surface area contributed by atoms with E-state index in [2.05, 4.69) is 5.32 Å². The summed E-state index contributed by atoms with van der Waals surface area (Å²) in [6.45, 7) is 6.97. The molecule has 3 rings (SSSR count). The highest BCUT2D eigenvalue weighted by Gasteiger charge is 2.39. The van der Waals surface area contributed by atoms with Crippen LogP contribution >= 0.6 is 0 Å². The summed E-state index contributed by atoms with van der Waals surface area (Å²) in [7, 11) is 1.54. The van der Waals surface area contributed by atoms with Gasteiger partial charge < -0.3 is 19.5 Å². The monoisotopic (exact) mass is 438 g/mol. The SMILES string of the molecule is CCCOc1cccc(NC2=C(c3ccc(OC(C)C)cc3)C(=O)N(CCOC)C2=O)c1. The van der Waals surface area contributed by atoms with E-state index in [1.54, 1.807) is 24.3 Å². The van der Waals surface area contributed by atoms with Crippen molar-refractivity contribution in [2.75, 3.05) is 32.2 Å². The van der Waals surface area contributed by atoms with Gasteiger partial charge in [0.15, 0.2) is 0 Å². The third-order valence-corrected chi connectivity index (χ3v) is 4.78. The number of carbonyl (C=O) groups is 2. The molecule has 0 radical (unpaired) electrons. The molecule has 2 amide bonds. The first-order chi connectivity index (χ1) is 15.4. The van der Waals surface area contributed by atoms with E-state index in [0.29, 0.717) is 34.9 Å². The van der Waals surface area contributed by atoms with Crippen LogP contribution in [0.15, 0.2) is 54.2 Å². The minimum absolute atomic E-state index is 0.0405. The highest BCUT2D eigenvalue weighted by Crippen LogP contribution is 2.32. The van der Waals surface area contributed by atoms with Crippen molar-refractivity contribution in [2.45, 2.75) is 33.3 Å². The number of hydrogen-bond acceptors (Lipinski definition) is 6. The summed E-state index contributed by atoms with van der Waals surface area (Å²) in [6.07, 6.45) is 0.934. The highest BCUT2D eigenvalue weighted by molar-refractivity contribution is 6.36. The fraction of sp³-hybridized carbons (Fsp3) is 0.360. The lowest BCUT2D eigenvalue weighted by molar-refractivity contribution is -0.137. The summed E-state index contributed by atoms with van der Waals surface area (Å²) >= 11 is 0. The predicted octanol–water partition coefficient (Wildman–Crippen LogP) is 4.10. The Morgan fingerprint density at radius 2 is 1.72 bits per heavy atom. The summed E-state index contributed by atoms with van der Waals surface area (Å²) in [5.74, 6) is 0.657. The van der Waals surface area contributed by atoms with Crippen molar-refractivity contribution in [1.82, 2.24) is 4.90 Å². The first kappa shape index (κ1) is 23.3. The lowest BCUT2D eigenvalue weighted by Crippen LogP contribution is -2.35. The summed E-state index contributed by atoms with van der Waals surface area (Å²) in [4.78, 5) is 27.5. The number of carbonyl (C=O) groups excluding carboxylic acids is 2. The van der Waals surface area contributed by atoms with E-state index in [-0.39, 0.29) is 36.8 Å². The van der Waals surface area contributed by atoms with Gasteiger partial charge in [-0.2, -0.15) is 0 Å². The van der Waals surface area contributed by atoms with Crippen molar-refractivity contribution < 1.29 is 23.8 Å². The Balaban J connectivity index is 1.95. The number of nitrogens with one attached hydrogen (secondary N) is 1. The second kappa shape index (κ2) is 10.8. The Hall–Kier alpha value is -3.32. The predicted molar refractivity (Wildman–Crippen MR) is 124 cm³/mol. The van der Waals surface area contributed by atoms with Gasteiger partial charge in [0.1, 0.15) is 17.2 Å². The van der Waals surface area contributed by atoms with Crippen LogP contribution in [0, 0.1) is 0 Å². The number of nitrogens with zero attached hydrogens (tertiary/aromatic N) is 1. The third kappa shape index (κ3) is 5.48. The average Bonchev–Trinajstić information content (AvgIpc) is 3.00. The van der Waals surface area contributed by atoms with Crippen molar-refractivity contribution in [3.05, 3.63) is 59.8 Å². The molecule has 32 heavy (non-hydrogen) atoms. The molecule has 1 N–H and O–H groups in total. The first-order valence-corrected chi connectivity index (χ1v) is 10.8. The number of ether oxygens (including phenoxy) is 3. The maximum atomic E-state index is 13.2. The van der Waals surface area contributed by atoms with Gasteiger partial charge in [0.2, 0.25) is 0 Å². The zero-order chi connectivity index (χ0) is 23.1. The molecule has 1 aliphatic rings. The molecule has 0 aliphatic carbocycles. The Morgan fingerprint density at radius 1 is 0.969 bits per heavy atom. The van der Waals surface area contributed by atoms with Crippen LogP contribution < -0.4 is 14.8 Å². The summed E-state index contributed by atoms with van der Waals surface area (Å²) in [5.41, 5.74) is 1.86. The van der Waals surface area contributed by atoms with Crippen molar-refractivity contribution in [3.8, 4) is 11.5 Å². The van der Waals surface area contributed by atoms with Gasteiger partial charge in [-0.25, -0.2) is 0 Å². The summed E-state index contributed by atoms with van der Waals surface area (Å²) in [5, 5.41) is 3.16. The van der Waals surface area contributed by atoms with Gasteiger partial charge in [0, 0.05) is 18.9 Å². The smallest absolute Gasteiger partial charge is 0.278 e. The lowest BCUT2D eigenvalue weighted by atomic mass is 10.0. The van der Waals surface area contributed by atoms with Crippen LogP contribution in [0.25, 0.3) is 5.57 Å². The second-order valence-electron chi connectivity index (χ2n) is 7.70. The van der Waals surface area contributed by atoms with Gasteiger partial charge >= 0.3 is 0 Å². The molecule has 0 spiro atoms. The normalized spacial score (nSPS) is 13.8. The van der Waals surface area contributed by atoms with Crippen LogP contribution in [0.5, 0.6) is 11.5 Å².